The van der Waals surface area contributed by atoms with Gasteiger partial charge in [-0.25, -0.2) is 4.68 Å². The van der Waals surface area contributed by atoms with Crippen molar-refractivity contribution in [2.75, 3.05) is 39.5 Å². The van der Waals surface area contributed by atoms with E-state index in [1.807, 2.05) is 31.2 Å². The third-order valence-corrected chi connectivity index (χ3v) is 4.17. The minimum Gasteiger partial charge on any atom is -0.492 e. The number of hydrogen-bond acceptors (Lipinski definition) is 6. The molecule has 8 heteroatoms. The zero-order chi connectivity index (χ0) is 17.6. The molecule has 1 fully saturated rings. The molecule has 0 saturated carbocycles. The summed E-state index contributed by atoms with van der Waals surface area (Å²) in [7, 11) is 0. The van der Waals surface area contributed by atoms with Gasteiger partial charge in [0.1, 0.15) is 12.4 Å². The molecule has 0 aliphatic carbocycles. The van der Waals surface area contributed by atoms with E-state index in [4.69, 9.17) is 14.6 Å². The number of nitrogens with zero attached hydrogens (tertiary/aromatic N) is 4. The van der Waals surface area contributed by atoms with E-state index in [0.717, 1.165) is 50.0 Å². The molecule has 0 spiro atoms. The SMILES string of the molecule is Cc1c(CC(=O)O)nnn1-c1ccc(OCCN2CCOCC2)cc1. The number of rotatable bonds is 7. The van der Waals surface area contributed by atoms with E-state index in [1.165, 1.54) is 0 Å². The van der Waals surface area contributed by atoms with Crippen LogP contribution >= 0.6 is 0 Å². The fourth-order valence-electron chi connectivity index (χ4n) is 2.71. The summed E-state index contributed by atoms with van der Waals surface area (Å²) < 4.78 is 12.7. The predicted octanol–water partition coefficient (Wildman–Crippen LogP) is 0.914. The second-order valence-electron chi connectivity index (χ2n) is 5.90. The van der Waals surface area contributed by atoms with E-state index >= 15 is 0 Å². The van der Waals surface area contributed by atoms with Gasteiger partial charge in [-0.1, -0.05) is 5.21 Å². The summed E-state index contributed by atoms with van der Waals surface area (Å²) in [5, 5.41) is 16.9. The molecule has 0 unspecified atom stereocenters. The van der Waals surface area contributed by atoms with Gasteiger partial charge in [0, 0.05) is 19.6 Å². The lowest BCUT2D eigenvalue weighted by Crippen LogP contribution is -2.38. The minimum absolute atomic E-state index is 0.130. The summed E-state index contributed by atoms with van der Waals surface area (Å²) in [6.07, 6.45) is -0.130. The minimum atomic E-state index is -0.917. The Morgan fingerprint density at radius 3 is 2.68 bits per heavy atom. The van der Waals surface area contributed by atoms with Gasteiger partial charge < -0.3 is 14.6 Å². The number of hydrogen-bond donors (Lipinski definition) is 1. The van der Waals surface area contributed by atoms with E-state index < -0.39 is 5.97 Å². The molecule has 3 rings (SSSR count). The third-order valence-electron chi connectivity index (χ3n) is 4.17. The van der Waals surface area contributed by atoms with Gasteiger partial charge in [0.15, 0.2) is 0 Å². The van der Waals surface area contributed by atoms with Crippen molar-refractivity contribution in [3.8, 4) is 11.4 Å². The Kier molecular flexibility index (Phi) is 5.62. The molecule has 1 N–H and O–H groups in total. The highest BCUT2D eigenvalue weighted by Gasteiger charge is 2.13. The van der Waals surface area contributed by atoms with E-state index in [9.17, 15) is 4.79 Å². The smallest absolute Gasteiger partial charge is 0.309 e. The molecule has 8 nitrogen and oxygen atoms in total. The van der Waals surface area contributed by atoms with Crippen LogP contribution in [0, 0.1) is 6.92 Å². The maximum Gasteiger partial charge on any atom is 0.309 e. The second kappa shape index (κ2) is 8.09. The van der Waals surface area contributed by atoms with Crippen LogP contribution in [0.15, 0.2) is 24.3 Å². The van der Waals surface area contributed by atoms with E-state index in [2.05, 4.69) is 15.2 Å². The lowest BCUT2D eigenvalue weighted by atomic mass is 10.2. The molecular formula is C17H22N4O4. The van der Waals surface area contributed by atoms with Gasteiger partial charge in [-0.3, -0.25) is 9.69 Å². The molecule has 1 aromatic carbocycles. The number of carboxylic acid groups (broad SMARTS) is 1. The summed E-state index contributed by atoms with van der Waals surface area (Å²) in [6, 6.07) is 7.53. The maximum absolute atomic E-state index is 10.8. The van der Waals surface area contributed by atoms with Crippen LogP contribution in [0.5, 0.6) is 5.75 Å². The Hall–Kier alpha value is -2.45. The lowest BCUT2D eigenvalue weighted by molar-refractivity contribution is -0.136. The Morgan fingerprint density at radius 1 is 1.28 bits per heavy atom. The number of benzene rings is 1. The monoisotopic (exact) mass is 346 g/mol. The molecule has 1 aliphatic rings. The standard InChI is InChI=1S/C17H22N4O4/c1-13-16(12-17(22)23)18-19-21(13)14-2-4-15(5-3-14)25-11-8-20-6-9-24-10-7-20/h2-5H,6-12H2,1H3,(H,22,23). The zero-order valence-corrected chi connectivity index (χ0v) is 14.2. The molecule has 2 heterocycles. The van der Waals surface area contributed by atoms with Crippen molar-refractivity contribution in [2.45, 2.75) is 13.3 Å². The van der Waals surface area contributed by atoms with Crippen LogP contribution in [-0.4, -0.2) is 70.4 Å². The van der Waals surface area contributed by atoms with Gasteiger partial charge in [-0.05, 0) is 31.2 Å². The van der Waals surface area contributed by atoms with Crippen LogP contribution in [0.25, 0.3) is 5.69 Å². The van der Waals surface area contributed by atoms with E-state index in [0.29, 0.717) is 12.3 Å². The van der Waals surface area contributed by atoms with Crippen molar-refractivity contribution in [2.24, 2.45) is 0 Å². The summed E-state index contributed by atoms with van der Waals surface area (Å²) in [4.78, 5) is 13.1. The number of aromatic nitrogens is 3. The van der Waals surface area contributed by atoms with Crippen molar-refractivity contribution in [1.29, 1.82) is 0 Å². The van der Waals surface area contributed by atoms with Crippen LogP contribution in [0.1, 0.15) is 11.4 Å². The maximum atomic E-state index is 10.8. The summed E-state index contributed by atoms with van der Waals surface area (Å²) in [6.45, 7) is 6.80. The Morgan fingerprint density at radius 2 is 2.00 bits per heavy atom. The number of morpholine rings is 1. The van der Waals surface area contributed by atoms with Crippen LogP contribution in [-0.2, 0) is 16.0 Å². The summed E-state index contributed by atoms with van der Waals surface area (Å²) in [5.41, 5.74) is 2.02. The molecule has 0 atom stereocenters. The highest BCUT2D eigenvalue weighted by Crippen LogP contribution is 2.17. The third kappa shape index (κ3) is 4.55. The molecule has 0 radical (unpaired) electrons. The first kappa shape index (κ1) is 17.4. The van der Waals surface area contributed by atoms with Gasteiger partial charge in [0.25, 0.3) is 0 Å². The van der Waals surface area contributed by atoms with Crippen molar-refractivity contribution in [3.63, 3.8) is 0 Å². The number of carbonyl (C=O) groups is 1. The van der Waals surface area contributed by atoms with Crippen molar-refractivity contribution in [3.05, 3.63) is 35.7 Å². The fraction of sp³-hybridized carbons (Fsp3) is 0.471. The Labute approximate surface area is 146 Å². The van der Waals surface area contributed by atoms with E-state index in [1.54, 1.807) is 4.68 Å². The van der Waals surface area contributed by atoms with Crippen molar-refractivity contribution >= 4 is 5.97 Å². The molecule has 2 aromatic rings. The Balaban J connectivity index is 1.56. The first-order chi connectivity index (χ1) is 12.1. The van der Waals surface area contributed by atoms with Crippen LogP contribution in [0.2, 0.25) is 0 Å². The molecule has 134 valence electrons. The van der Waals surface area contributed by atoms with Crippen LogP contribution in [0.4, 0.5) is 0 Å². The number of aliphatic carboxylic acids is 1. The van der Waals surface area contributed by atoms with Gasteiger partial charge in [0.2, 0.25) is 0 Å². The first-order valence-electron chi connectivity index (χ1n) is 8.30. The van der Waals surface area contributed by atoms with Gasteiger partial charge in [-0.15, -0.1) is 5.10 Å². The molecule has 1 saturated heterocycles. The fourth-order valence-corrected chi connectivity index (χ4v) is 2.71. The average molecular weight is 346 g/mol. The molecule has 1 aliphatic heterocycles. The zero-order valence-electron chi connectivity index (χ0n) is 14.2. The van der Waals surface area contributed by atoms with Crippen molar-refractivity contribution in [1.82, 2.24) is 19.9 Å². The van der Waals surface area contributed by atoms with Crippen LogP contribution < -0.4 is 4.74 Å². The normalized spacial score (nSPS) is 15.2. The molecule has 0 bridgehead atoms. The molecular weight excluding hydrogens is 324 g/mol. The topological polar surface area (TPSA) is 89.7 Å². The quantitative estimate of drug-likeness (QED) is 0.797. The average Bonchev–Trinajstić information content (AvgIpc) is 2.97. The Bertz CT molecular complexity index is 708. The lowest BCUT2D eigenvalue weighted by Gasteiger charge is -2.26. The second-order valence-corrected chi connectivity index (χ2v) is 5.90. The highest BCUT2D eigenvalue weighted by atomic mass is 16.5. The van der Waals surface area contributed by atoms with E-state index in [-0.39, 0.29) is 6.42 Å². The highest BCUT2D eigenvalue weighted by molar-refractivity contribution is 5.69. The van der Waals surface area contributed by atoms with Gasteiger partial charge in [0.05, 0.1) is 36.7 Å². The first-order valence-corrected chi connectivity index (χ1v) is 8.30. The van der Waals surface area contributed by atoms with Crippen molar-refractivity contribution < 1.29 is 19.4 Å². The number of ether oxygens (including phenoxy) is 2. The van der Waals surface area contributed by atoms with Gasteiger partial charge >= 0.3 is 5.97 Å². The molecule has 25 heavy (non-hydrogen) atoms. The van der Waals surface area contributed by atoms with Gasteiger partial charge in [-0.2, -0.15) is 0 Å². The van der Waals surface area contributed by atoms with Crippen LogP contribution in [0.3, 0.4) is 0 Å². The molecule has 1 aromatic heterocycles. The summed E-state index contributed by atoms with van der Waals surface area (Å²) in [5.74, 6) is -0.125. The summed E-state index contributed by atoms with van der Waals surface area (Å²) >= 11 is 0. The largest absolute Gasteiger partial charge is 0.492 e. The molecule has 0 amide bonds. The number of carboxylic acids is 1. The predicted molar refractivity (Wildman–Crippen MR) is 90.2 cm³/mol.